The van der Waals surface area contributed by atoms with Gasteiger partial charge in [0, 0.05) is 36.1 Å². The quantitative estimate of drug-likeness (QED) is 0.434. The third kappa shape index (κ3) is 7.10. The first kappa shape index (κ1) is 25.8. The molecule has 0 spiro atoms. The molecular formula is C25H27FN4O4S. The van der Waals surface area contributed by atoms with Crippen molar-refractivity contribution >= 4 is 39.9 Å². The molecule has 0 fully saturated rings. The first-order chi connectivity index (χ1) is 16.8. The van der Waals surface area contributed by atoms with Gasteiger partial charge in [0.05, 0.1) is 7.11 Å². The topological polar surface area (TPSA) is 101 Å². The number of carbonyl (C=O) groups excluding carboxylic acids is 3. The predicted molar refractivity (Wildman–Crippen MR) is 133 cm³/mol. The Morgan fingerprint density at radius 3 is 2.31 bits per heavy atom. The van der Waals surface area contributed by atoms with Gasteiger partial charge in [-0.25, -0.2) is 9.37 Å². The van der Waals surface area contributed by atoms with E-state index in [1.807, 2.05) is 13.8 Å². The highest BCUT2D eigenvalue weighted by Crippen LogP contribution is 2.30. The number of aromatic nitrogens is 1. The Bertz CT molecular complexity index is 1140. The summed E-state index contributed by atoms with van der Waals surface area (Å²) in [5.74, 6) is -1.13. The Morgan fingerprint density at radius 2 is 1.74 bits per heavy atom. The number of halogens is 1. The van der Waals surface area contributed by atoms with Crippen molar-refractivity contribution in [3.05, 3.63) is 71.5 Å². The summed E-state index contributed by atoms with van der Waals surface area (Å²) < 4.78 is 18.9. The minimum Gasteiger partial charge on any atom is -0.497 e. The molecule has 3 aromatic rings. The van der Waals surface area contributed by atoms with E-state index in [1.165, 1.54) is 47.6 Å². The number of hydrogen-bond donors (Lipinski definition) is 2. The number of amides is 3. The van der Waals surface area contributed by atoms with Gasteiger partial charge in [-0.1, -0.05) is 12.1 Å². The molecule has 0 aliphatic rings. The molecule has 0 aliphatic heterocycles. The molecule has 0 bridgehead atoms. The molecule has 0 unspecified atom stereocenters. The van der Waals surface area contributed by atoms with Crippen molar-refractivity contribution in [2.75, 3.05) is 17.3 Å². The molecular weight excluding hydrogens is 471 g/mol. The maximum Gasteiger partial charge on any atom is 0.248 e. The molecule has 2 N–H and O–H groups in total. The van der Waals surface area contributed by atoms with Gasteiger partial charge < -0.3 is 15.4 Å². The summed E-state index contributed by atoms with van der Waals surface area (Å²) in [5, 5.41) is 7.66. The molecule has 3 rings (SSSR count). The molecule has 10 heteroatoms. The second-order valence-corrected chi connectivity index (χ2v) is 8.86. The molecule has 2 aromatic carbocycles. The Hall–Kier alpha value is -3.79. The molecule has 0 radical (unpaired) electrons. The largest absolute Gasteiger partial charge is 0.497 e. The van der Waals surface area contributed by atoms with Crippen LogP contribution < -0.4 is 20.3 Å². The van der Waals surface area contributed by atoms with Crippen molar-refractivity contribution < 1.29 is 23.5 Å². The van der Waals surface area contributed by atoms with E-state index < -0.39 is 23.7 Å². The zero-order chi connectivity index (χ0) is 25.4. The first-order valence-corrected chi connectivity index (χ1v) is 11.9. The van der Waals surface area contributed by atoms with Crippen LogP contribution in [0.25, 0.3) is 0 Å². The van der Waals surface area contributed by atoms with Crippen molar-refractivity contribution in [3.8, 4) is 5.75 Å². The number of anilines is 2. The van der Waals surface area contributed by atoms with Gasteiger partial charge in [0.1, 0.15) is 17.6 Å². The van der Waals surface area contributed by atoms with Crippen molar-refractivity contribution in [2.24, 2.45) is 0 Å². The summed E-state index contributed by atoms with van der Waals surface area (Å²) in [6, 6.07) is 10.8. The fourth-order valence-electron chi connectivity index (χ4n) is 3.41. The Labute approximate surface area is 207 Å². The van der Waals surface area contributed by atoms with E-state index in [4.69, 9.17) is 4.74 Å². The summed E-state index contributed by atoms with van der Waals surface area (Å²) in [4.78, 5) is 44.5. The number of nitrogens with one attached hydrogen (secondary N) is 2. The molecule has 35 heavy (non-hydrogen) atoms. The molecule has 184 valence electrons. The number of ether oxygens (including phenoxy) is 1. The number of nitrogens with zero attached hydrogens (tertiary/aromatic N) is 2. The van der Waals surface area contributed by atoms with Crippen LogP contribution in [0.15, 0.2) is 60.1 Å². The minimum absolute atomic E-state index is 0.114. The van der Waals surface area contributed by atoms with Gasteiger partial charge >= 0.3 is 0 Å². The minimum atomic E-state index is -1.05. The van der Waals surface area contributed by atoms with Gasteiger partial charge in [0.15, 0.2) is 5.13 Å². The van der Waals surface area contributed by atoms with Crippen LogP contribution >= 0.6 is 11.3 Å². The lowest BCUT2D eigenvalue weighted by Crippen LogP contribution is -2.46. The molecule has 1 atom stereocenters. The summed E-state index contributed by atoms with van der Waals surface area (Å²) in [7, 11) is 1.53. The van der Waals surface area contributed by atoms with E-state index in [1.54, 1.807) is 35.8 Å². The van der Waals surface area contributed by atoms with Crippen LogP contribution in [0.4, 0.5) is 15.2 Å². The SMILES string of the molecule is COc1ccc([C@H](C(=O)NC(C)C)N(C(=O)CCC(=O)Nc2nccs2)c2ccc(F)cc2)cc1. The fraction of sp³-hybridized carbons (Fsp3) is 0.280. The molecule has 8 nitrogen and oxygen atoms in total. The maximum atomic E-state index is 13.7. The van der Waals surface area contributed by atoms with Crippen molar-refractivity contribution in [3.63, 3.8) is 0 Å². The highest BCUT2D eigenvalue weighted by molar-refractivity contribution is 7.13. The highest BCUT2D eigenvalue weighted by atomic mass is 32.1. The van der Waals surface area contributed by atoms with Crippen LogP contribution in [0.2, 0.25) is 0 Å². The van der Waals surface area contributed by atoms with Gasteiger partial charge in [-0.3, -0.25) is 19.3 Å². The summed E-state index contributed by atoms with van der Waals surface area (Å²) in [5.41, 5.74) is 0.866. The van der Waals surface area contributed by atoms with Crippen LogP contribution in [0.5, 0.6) is 5.75 Å². The lowest BCUT2D eigenvalue weighted by Gasteiger charge is -2.32. The lowest BCUT2D eigenvalue weighted by molar-refractivity contribution is -0.127. The number of thiazole rings is 1. The number of methoxy groups -OCH3 is 1. The molecule has 0 saturated heterocycles. The second kappa shape index (κ2) is 12.1. The van der Waals surface area contributed by atoms with E-state index in [9.17, 15) is 18.8 Å². The molecule has 1 aromatic heterocycles. The molecule has 0 saturated carbocycles. The van der Waals surface area contributed by atoms with Crippen molar-refractivity contribution in [2.45, 2.75) is 38.8 Å². The van der Waals surface area contributed by atoms with E-state index in [2.05, 4.69) is 15.6 Å². The molecule has 1 heterocycles. The number of benzene rings is 2. The Morgan fingerprint density at radius 1 is 1.06 bits per heavy atom. The van der Waals surface area contributed by atoms with Gasteiger partial charge in [0.25, 0.3) is 0 Å². The van der Waals surface area contributed by atoms with Gasteiger partial charge in [-0.05, 0) is 55.8 Å². The highest BCUT2D eigenvalue weighted by Gasteiger charge is 2.33. The summed E-state index contributed by atoms with van der Waals surface area (Å²) in [6.45, 7) is 3.63. The Balaban J connectivity index is 1.94. The van der Waals surface area contributed by atoms with Crippen molar-refractivity contribution in [1.29, 1.82) is 0 Å². The van der Waals surface area contributed by atoms with Crippen LogP contribution in [0, 0.1) is 5.82 Å². The van der Waals surface area contributed by atoms with E-state index in [0.29, 0.717) is 22.1 Å². The van der Waals surface area contributed by atoms with E-state index in [0.717, 1.165) is 0 Å². The summed E-state index contributed by atoms with van der Waals surface area (Å²) in [6.07, 6.45) is 1.28. The zero-order valence-corrected chi connectivity index (χ0v) is 20.5. The van der Waals surface area contributed by atoms with Gasteiger partial charge in [-0.15, -0.1) is 11.3 Å². The van der Waals surface area contributed by atoms with E-state index >= 15 is 0 Å². The average molecular weight is 499 g/mol. The lowest BCUT2D eigenvalue weighted by atomic mass is 10.0. The monoisotopic (exact) mass is 498 g/mol. The zero-order valence-electron chi connectivity index (χ0n) is 19.7. The van der Waals surface area contributed by atoms with E-state index in [-0.39, 0.29) is 24.8 Å². The van der Waals surface area contributed by atoms with Crippen molar-refractivity contribution in [1.82, 2.24) is 10.3 Å². The third-order valence-corrected chi connectivity index (χ3v) is 5.68. The van der Waals surface area contributed by atoms with Crippen LogP contribution in [-0.2, 0) is 14.4 Å². The maximum absolute atomic E-state index is 13.7. The second-order valence-electron chi connectivity index (χ2n) is 7.96. The van der Waals surface area contributed by atoms with Crippen LogP contribution in [-0.4, -0.2) is 35.9 Å². The molecule has 0 aliphatic carbocycles. The average Bonchev–Trinajstić information content (AvgIpc) is 3.34. The van der Waals surface area contributed by atoms with Gasteiger partial charge in [-0.2, -0.15) is 0 Å². The fourth-order valence-corrected chi connectivity index (χ4v) is 3.96. The van der Waals surface area contributed by atoms with Crippen LogP contribution in [0.3, 0.4) is 0 Å². The van der Waals surface area contributed by atoms with Gasteiger partial charge in [0.2, 0.25) is 17.7 Å². The van der Waals surface area contributed by atoms with Crippen LogP contribution in [0.1, 0.15) is 38.3 Å². The predicted octanol–water partition coefficient (Wildman–Crippen LogP) is 4.31. The number of carbonyl (C=O) groups is 3. The third-order valence-electron chi connectivity index (χ3n) is 4.99. The molecule has 3 amide bonds. The normalized spacial score (nSPS) is 11.6. The smallest absolute Gasteiger partial charge is 0.248 e. The number of rotatable bonds is 10. The summed E-state index contributed by atoms with van der Waals surface area (Å²) >= 11 is 1.27. The standard InChI is InChI=1S/C25H27FN4O4S/c1-16(2)28-24(33)23(17-4-10-20(34-3)11-5-17)30(19-8-6-18(26)7-9-19)22(32)13-12-21(31)29-25-27-14-15-35-25/h4-11,14-16,23H,12-13H2,1-3H3,(H,28,33)(H,27,29,31)/t23-/m1/s1. The Kier molecular flexibility index (Phi) is 8.91. The first-order valence-electron chi connectivity index (χ1n) is 11.0. The number of hydrogen-bond acceptors (Lipinski definition) is 6.